The zero-order valence-electron chi connectivity index (χ0n) is 10.3. The van der Waals surface area contributed by atoms with Crippen molar-refractivity contribution in [1.82, 2.24) is 4.90 Å². The van der Waals surface area contributed by atoms with Crippen LogP contribution in [0.5, 0.6) is 0 Å². The highest BCUT2D eigenvalue weighted by atomic mass is 15.1. The average Bonchev–Trinajstić information content (AvgIpc) is 2.54. The molecular weight excluding hydrogens is 170 g/mol. The van der Waals surface area contributed by atoms with E-state index in [2.05, 4.69) is 25.7 Å². The second kappa shape index (κ2) is 5.75. The number of likely N-dealkylation sites (tertiary alicyclic amines) is 1. The third-order valence-electron chi connectivity index (χ3n) is 3.10. The van der Waals surface area contributed by atoms with Crippen molar-refractivity contribution in [2.24, 2.45) is 5.41 Å². The summed E-state index contributed by atoms with van der Waals surface area (Å²) < 4.78 is 0. The van der Waals surface area contributed by atoms with E-state index in [0.29, 0.717) is 5.41 Å². The van der Waals surface area contributed by atoms with Gasteiger partial charge in [0, 0.05) is 0 Å². The Morgan fingerprint density at radius 2 is 1.57 bits per heavy atom. The monoisotopic (exact) mass is 197 g/mol. The lowest BCUT2D eigenvalue weighted by Crippen LogP contribution is -2.20. The van der Waals surface area contributed by atoms with Gasteiger partial charge in [-0.2, -0.15) is 0 Å². The van der Waals surface area contributed by atoms with Gasteiger partial charge in [0.15, 0.2) is 0 Å². The van der Waals surface area contributed by atoms with E-state index >= 15 is 0 Å². The molecule has 1 fully saturated rings. The maximum atomic E-state index is 2.62. The predicted molar refractivity (Wildman–Crippen MR) is 63.6 cm³/mol. The number of rotatable bonds is 5. The second-order valence-electron chi connectivity index (χ2n) is 5.92. The Labute approximate surface area is 89.9 Å². The summed E-state index contributed by atoms with van der Waals surface area (Å²) in [6.45, 7) is 11.1. The van der Waals surface area contributed by atoms with Crippen LogP contribution in [0, 0.1) is 5.41 Å². The van der Waals surface area contributed by atoms with Crippen LogP contribution in [0.1, 0.15) is 59.3 Å². The minimum atomic E-state index is 0.535. The molecular formula is C13H27N. The van der Waals surface area contributed by atoms with Gasteiger partial charge in [-0.05, 0) is 50.7 Å². The number of unbranched alkanes of at least 4 members (excludes halogenated alkanes) is 2. The molecule has 84 valence electrons. The molecule has 14 heavy (non-hydrogen) atoms. The lowest BCUT2D eigenvalue weighted by Gasteiger charge is -2.18. The van der Waals surface area contributed by atoms with Gasteiger partial charge < -0.3 is 4.90 Å². The summed E-state index contributed by atoms with van der Waals surface area (Å²) in [5.74, 6) is 0. The minimum Gasteiger partial charge on any atom is -0.303 e. The van der Waals surface area contributed by atoms with Gasteiger partial charge in [0.1, 0.15) is 0 Å². The molecule has 1 nitrogen and oxygen atoms in total. The van der Waals surface area contributed by atoms with Gasteiger partial charge in [0.25, 0.3) is 0 Å². The smallest absolute Gasteiger partial charge is 0.00183 e. The molecule has 1 saturated heterocycles. The predicted octanol–water partition coefficient (Wildman–Crippen LogP) is 3.69. The Balaban J connectivity index is 1.89. The van der Waals surface area contributed by atoms with Gasteiger partial charge in [0.2, 0.25) is 0 Å². The molecule has 0 aliphatic carbocycles. The summed E-state index contributed by atoms with van der Waals surface area (Å²) in [4.78, 5) is 2.62. The largest absolute Gasteiger partial charge is 0.303 e. The summed E-state index contributed by atoms with van der Waals surface area (Å²) in [5.41, 5.74) is 0.535. The molecule has 1 aliphatic rings. The third kappa shape index (κ3) is 5.64. The van der Waals surface area contributed by atoms with Crippen molar-refractivity contribution in [3.8, 4) is 0 Å². The zero-order chi connectivity index (χ0) is 10.4. The summed E-state index contributed by atoms with van der Waals surface area (Å²) in [6.07, 6.45) is 8.50. The van der Waals surface area contributed by atoms with E-state index in [0.717, 1.165) is 0 Å². The Morgan fingerprint density at radius 1 is 0.929 bits per heavy atom. The van der Waals surface area contributed by atoms with E-state index in [1.165, 1.54) is 58.2 Å². The first-order valence-corrected chi connectivity index (χ1v) is 6.30. The van der Waals surface area contributed by atoms with Gasteiger partial charge in [-0.3, -0.25) is 0 Å². The molecule has 0 bridgehead atoms. The molecule has 0 unspecified atom stereocenters. The van der Waals surface area contributed by atoms with E-state index in [1.807, 2.05) is 0 Å². The molecule has 0 spiro atoms. The van der Waals surface area contributed by atoms with Gasteiger partial charge >= 0.3 is 0 Å². The SMILES string of the molecule is CC(C)(C)CCCCCN1CCCC1. The van der Waals surface area contributed by atoms with Crippen LogP contribution in [0.4, 0.5) is 0 Å². The van der Waals surface area contributed by atoms with Crippen LogP contribution >= 0.6 is 0 Å². The molecule has 0 aromatic rings. The summed E-state index contributed by atoms with van der Waals surface area (Å²) in [5, 5.41) is 0. The zero-order valence-corrected chi connectivity index (χ0v) is 10.3. The fourth-order valence-corrected chi connectivity index (χ4v) is 2.17. The van der Waals surface area contributed by atoms with E-state index < -0.39 is 0 Å². The maximum Gasteiger partial charge on any atom is -0.00183 e. The van der Waals surface area contributed by atoms with E-state index in [9.17, 15) is 0 Å². The fourth-order valence-electron chi connectivity index (χ4n) is 2.17. The first kappa shape index (κ1) is 12.0. The molecule has 0 amide bonds. The summed E-state index contributed by atoms with van der Waals surface area (Å²) >= 11 is 0. The van der Waals surface area contributed by atoms with Crippen LogP contribution in [-0.4, -0.2) is 24.5 Å². The van der Waals surface area contributed by atoms with E-state index in [-0.39, 0.29) is 0 Å². The highest BCUT2D eigenvalue weighted by Gasteiger charge is 2.11. The molecule has 1 heteroatoms. The number of nitrogens with zero attached hydrogens (tertiary/aromatic N) is 1. The van der Waals surface area contributed by atoms with Gasteiger partial charge in [-0.25, -0.2) is 0 Å². The molecule has 1 rings (SSSR count). The van der Waals surface area contributed by atoms with Crippen LogP contribution in [0.2, 0.25) is 0 Å². The van der Waals surface area contributed by atoms with Crippen molar-refractivity contribution in [3.05, 3.63) is 0 Å². The second-order valence-corrected chi connectivity index (χ2v) is 5.92. The van der Waals surface area contributed by atoms with Gasteiger partial charge in [-0.1, -0.05) is 33.6 Å². The fraction of sp³-hybridized carbons (Fsp3) is 1.00. The average molecular weight is 197 g/mol. The van der Waals surface area contributed by atoms with Crippen LogP contribution < -0.4 is 0 Å². The minimum absolute atomic E-state index is 0.535. The van der Waals surface area contributed by atoms with Crippen molar-refractivity contribution in [2.75, 3.05) is 19.6 Å². The molecule has 0 aromatic carbocycles. The molecule has 1 aliphatic heterocycles. The highest BCUT2D eigenvalue weighted by Crippen LogP contribution is 2.22. The van der Waals surface area contributed by atoms with Crippen molar-refractivity contribution >= 4 is 0 Å². The molecule has 0 atom stereocenters. The summed E-state index contributed by atoms with van der Waals surface area (Å²) in [6, 6.07) is 0. The number of hydrogen-bond acceptors (Lipinski definition) is 1. The standard InChI is InChI=1S/C13H27N/c1-13(2,3)9-5-4-6-10-14-11-7-8-12-14/h4-12H2,1-3H3. The summed E-state index contributed by atoms with van der Waals surface area (Å²) in [7, 11) is 0. The van der Waals surface area contributed by atoms with Crippen LogP contribution in [0.15, 0.2) is 0 Å². The van der Waals surface area contributed by atoms with Crippen molar-refractivity contribution < 1.29 is 0 Å². The maximum absolute atomic E-state index is 2.62. The van der Waals surface area contributed by atoms with Crippen molar-refractivity contribution in [2.45, 2.75) is 59.3 Å². The third-order valence-corrected chi connectivity index (χ3v) is 3.10. The van der Waals surface area contributed by atoms with Crippen LogP contribution in [0.3, 0.4) is 0 Å². The first-order valence-electron chi connectivity index (χ1n) is 6.30. The Kier molecular flexibility index (Phi) is 4.94. The first-order chi connectivity index (χ1) is 6.58. The van der Waals surface area contributed by atoms with Crippen molar-refractivity contribution in [3.63, 3.8) is 0 Å². The van der Waals surface area contributed by atoms with Crippen molar-refractivity contribution in [1.29, 1.82) is 0 Å². The molecule has 0 N–H and O–H groups in total. The normalized spacial score (nSPS) is 19.1. The number of hydrogen-bond donors (Lipinski definition) is 0. The molecule has 1 heterocycles. The molecule has 0 saturated carbocycles. The quantitative estimate of drug-likeness (QED) is 0.608. The Bertz CT molecular complexity index is 140. The molecule has 0 radical (unpaired) electrons. The van der Waals surface area contributed by atoms with E-state index in [4.69, 9.17) is 0 Å². The van der Waals surface area contributed by atoms with Crippen LogP contribution in [0.25, 0.3) is 0 Å². The highest BCUT2D eigenvalue weighted by molar-refractivity contribution is 4.66. The molecule has 0 aromatic heterocycles. The lowest BCUT2D eigenvalue weighted by atomic mass is 9.89. The topological polar surface area (TPSA) is 3.24 Å². The van der Waals surface area contributed by atoms with Crippen LogP contribution in [-0.2, 0) is 0 Å². The Hall–Kier alpha value is -0.0400. The Morgan fingerprint density at radius 3 is 2.14 bits per heavy atom. The lowest BCUT2D eigenvalue weighted by molar-refractivity contribution is 0.314. The van der Waals surface area contributed by atoms with Gasteiger partial charge in [0.05, 0.1) is 0 Å². The van der Waals surface area contributed by atoms with Gasteiger partial charge in [-0.15, -0.1) is 0 Å². The van der Waals surface area contributed by atoms with E-state index in [1.54, 1.807) is 0 Å².